The highest BCUT2D eigenvalue weighted by Crippen LogP contribution is 2.35. The van der Waals surface area contributed by atoms with Crippen molar-refractivity contribution in [3.63, 3.8) is 0 Å². The highest BCUT2D eigenvalue weighted by atomic mass is 32.1. The molecule has 1 aromatic carbocycles. The van der Waals surface area contributed by atoms with Gasteiger partial charge in [-0.05, 0) is 0 Å². The van der Waals surface area contributed by atoms with Crippen LogP contribution in [0.3, 0.4) is 0 Å². The number of rotatable bonds is 1. The second kappa shape index (κ2) is 3.35. The Hall–Kier alpha value is -1.35. The molecule has 2 nitrogen and oxygen atoms in total. The van der Waals surface area contributed by atoms with Crippen molar-refractivity contribution >= 4 is 11.3 Å². The van der Waals surface area contributed by atoms with E-state index < -0.39 is 0 Å². The van der Waals surface area contributed by atoms with Crippen molar-refractivity contribution in [2.75, 3.05) is 0 Å². The number of aromatic hydroxyl groups is 1. The van der Waals surface area contributed by atoms with Crippen molar-refractivity contribution in [2.24, 2.45) is 0 Å². The van der Waals surface area contributed by atoms with Crippen LogP contribution in [0.2, 0.25) is 0 Å². The van der Waals surface area contributed by atoms with E-state index in [1.54, 1.807) is 11.3 Å². The lowest BCUT2D eigenvalue weighted by molar-refractivity contribution is -0.691. The summed E-state index contributed by atoms with van der Waals surface area (Å²) in [5.41, 5.74) is 1.11. The Morgan fingerprint density at radius 1 is 1.20 bits per heavy atom. The fraction of sp³-hybridized carbons (Fsp3) is 0.250. The van der Waals surface area contributed by atoms with Gasteiger partial charge in [0.2, 0.25) is 5.01 Å². The maximum Gasteiger partial charge on any atom is 0.384 e. The third kappa shape index (κ3) is 1.35. The molecule has 1 aliphatic heterocycles. The number of aromatic nitrogens is 1. The molecule has 1 aliphatic rings. The van der Waals surface area contributed by atoms with E-state index in [1.807, 2.05) is 34.9 Å². The molecule has 2 heterocycles. The van der Waals surface area contributed by atoms with Gasteiger partial charge in [-0.15, -0.1) is 0 Å². The number of nitrogens with zero attached hydrogens (tertiary/aromatic N) is 1. The average molecular weight is 218 g/mol. The Balaban J connectivity index is 2.14. The zero-order chi connectivity index (χ0) is 10.3. The largest absolute Gasteiger partial charge is 0.459 e. The summed E-state index contributed by atoms with van der Waals surface area (Å²) in [6.45, 7) is 0.963. The van der Waals surface area contributed by atoms with Gasteiger partial charge in [-0.1, -0.05) is 41.7 Å². The van der Waals surface area contributed by atoms with Crippen molar-refractivity contribution in [3.05, 3.63) is 35.3 Å². The monoisotopic (exact) mass is 218 g/mol. The molecule has 76 valence electrons. The Bertz CT molecular complexity index is 490. The number of hydrogen-bond acceptors (Lipinski definition) is 2. The number of fused-ring (bicyclic) bond motifs is 1. The molecule has 1 N–H and O–H groups in total. The summed E-state index contributed by atoms with van der Waals surface area (Å²) in [4.78, 5) is 1.00. The molecule has 2 aromatic rings. The molecule has 0 aliphatic carbocycles. The molecule has 3 rings (SSSR count). The molecule has 0 radical (unpaired) electrons. The lowest BCUT2D eigenvalue weighted by Gasteiger charge is -1.94. The maximum atomic E-state index is 10.1. The quantitative estimate of drug-likeness (QED) is 0.730. The minimum Gasteiger partial charge on any atom is -0.459 e. The fourth-order valence-corrected chi connectivity index (χ4v) is 3.27. The van der Waals surface area contributed by atoms with Gasteiger partial charge in [0, 0.05) is 18.4 Å². The summed E-state index contributed by atoms with van der Waals surface area (Å²) in [6.07, 6.45) is 2.26. The van der Waals surface area contributed by atoms with Crippen LogP contribution in [-0.4, -0.2) is 5.11 Å². The zero-order valence-electron chi connectivity index (χ0n) is 8.31. The summed E-state index contributed by atoms with van der Waals surface area (Å²) in [7, 11) is 0. The van der Waals surface area contributed by atoms with E-state index in [2.05, 4.69) is 0 Å². The molecular weight excluding hydrogens is 206 g/mol. The first-order valence-corrected chi connectivity index (χ1v) is 5.98. The first-order chi connectivity index (χ1) is 7.36. The van der Waals surface area contributed by atoms with Gasteiger partial charge in [0.1, 0.15) is 0 Å². The zero-order valence-corrected chi connectivity index (χ0v) is 9.13. The Morgan fingerprint density at radius 3 is 2.73 bits per heavy atom. The third-order valence-corrected chi connectivity index (χ3v) is 4.07. The molecular formula is C12H12NOS+. The van der Waals surface area contributed by atoms with E-state index >= 15 is 0 Å². The SMILES string of the molecule is Oc1c(-c2ccccc2)sc2[n+]1CCC2. The van der Waals surface area contributed by atoms with Gasteiger partial charge >= 0.3 is 5.88 Å². The second-order valence-corrected chi connectivity index (χ2v) is 4.85. The maximum absolute atomic E-state index is 10.1. The van der Waals surface area contributed by atoms with Crippen molar-refractivity contribution in [1.82, 2.24) is 0 Å². The van der Waals surface area contributed by atoms with Gasteiger partial charge in [-0.25, -0.2) is 0 Å². The van der Waals surface area contributed by atoms with Crippen LogP contribution in [0.5, 0.6) is 5.88 Å². The van der Waals surface area contributed by atoms with E-state index in [0.717, 1.165) is 29.8 Å². The van der Waals surface area contributed by atoms with Crippen molar-refractivity contribution in [3.8, 4) is 16.3 Å². The van der Waals surface area contributed by atoms with Crippen molar-refractivity contribution in [2.45, 2.75) is 19.4 Å². The smallest absolute Gasteiger partial charge is 0.384 e. The summed E-state index contributed by atoms with van der Waals surface area (Å²) < 4.78 is 2.03. The molecule has 15 heavy (non-hydrogen) atoms. The van der Waals surface area contributed by atoms with Gasteiger partial charge in [0.05, 0.1) is 0 Å². The predicted molar refractivity (Wildman–Crippen MR) is 59.9 cm³/mol. The summed E-state index contributed by atoms with van der Waals surface area (Å²) >= 11 is 1.71. The highest BCUT2D eigenvalue weighted by Gasteiger charge is 2.30. The molecule has 0 bridgehead atoms. The van der Waals surface area contributed by atoms with Crippen molar-refractivity contribution in [1.29, 1.82) is 0 Å². The van der Waals surface area contributed by atoms with E-state index in [1.165, 1.54) is 5.01 Å². The van der Waals surface area contributed by atoms with Crippen LogP contribution < -0.4 is 4.57 Å². The standard InChI is InChI=1S/C12H11NOS/c14-12-11(9-5-2-1-3-6-9)15-10-7-4-8-13(10)12/h1-3,5-6H,4,7-8H2/p+1. The van der Waals surface area contributed by atoms with E-state index in [9.17, 15) is 5.11 Å². The van der Waals surface area contributed by atoms with E-state index in [0.29, 0.717) is 5.88 Å². The minimum absolute atomic E-state index is 0.443. The first kappa shape index (κ1) is 8.92. The van der Waals surface area contributed by atoms with Crippen LogP contribution in [0.25, 0.3) is 10.4 Å². The Morgan fingerprint density at radius 2 is 2.00 bits per heavy atom. The molecule has 0 spiro atoms. The lowest BCUT2D eigenvalue weighted by Crippen LogP contribution is -2.29. The molecule has 0 saturated heterocycles. The topological polar surface area (TPSA) is 24.1 Å². The van der Waals surface area contributed by atoms with E-state index in [-0.39, 0.29) is 0 Å². The number of hydrogen-bond donors (Lipinski definition) is 1. The molecule has 0 atom stereocenters. The van der Waals surface area contributed by atoms with Crippen molar-refractivity contribution < 1.29 is 9.67 Å². The molecule has 0 fully saturated rings. The van der Waals surface area contributed by atoms with Crippen LogP contribution in [0, 0.1) is 0 Å². The number of aryl methyl sites for hydroxylation is 1. The molecule has 0 saturated carbocycles. The average Bonchev–Trinajstić information content (AvgIpc) is 2.83. The normalized spacial score (nSPS) is 14.1. The molecule has 0 amide bonds. The van der Waals surface area contributed by atoms with Crippen LogP contribution in [0.1, 0.15) is 11.4 Å². The number of benzene rings is 1. The fourth-order valence-electron chi connectivity index (χ4n) is 2.04. The Labute approximate surface area is 92.4 Å². The van der Waals surface area contributed by atoms with Crippen LogP contribution in [-0.2, 0) is 13.0 Å². The first-order valence-electron chi connectivity index (χ1n) is 5.16. The third-order valence-electron chi connectivity index (χ3n) is 2.79. The van der Waals surface area contributed by atoms with Gasteiger partial charge in [0.15, 0.2) is 11.4 Å². The molecule has 0 unspecified atom stereocenters. The van der Waals surface area contributed by atoms with Gasteiger partial charge in [-0.3, -0.25) is 0 Å². The second-order valence-electron chi connectivity index (χ2n) is 3.77. The number of thiazole rings is 1. The summed E-state index contributed by atoms with van der Waals surface area (Å²) in [6, 6.07) is 10.1. The Kier molecular flexibility index (Phi) is 1.99. The highest BCUT2D eigenvalue weighted by molar-refractivity contribution is 7.15. The lowest BCUT2D eigenvalue weighted by atomic mass is 10.2. The van der Waals surface area contributed by atoms with Crippen LogP contribution >= 0.6 is 11.3 Å². The summed E-state index contributed by atoms with van der Waals surface area (Å²) in [5.74, 6) is 0.443. The van der Waals surface area contributed by atoms with Gasteiger partial charge in [-0.2, -0.15) is 4.57 Å². The van der Waals surface area contributed by atoms with Crippen LogP contribution in [0.15, 0.2) is 30.3 Å². The van der Waals surface area contributed by atoms with E-state index in [4.69, 9.17) is 0 Å². The van der Waals surface area contributed by atoms with Gasteiger partial charge in [0.25, 0.3) is 0 Å². The van der Waals surface area contributed by atoms with Gasteiger partial charge < -0.3 is 5.11 Å². The minimum atomic E-state index is 0.443. The van der Waals surface area contributed by atoms with Crippen LogP contribution in [0.4, 0.5) is 0 Å². The molecule has 3 heteroatoms. The summed E-state index contributed by atoms with van der Waals surface area (Å²) in [5, 5.41) is 11.4. The predicted octanol–water partition coefficient (Wildman–Crippen LogP) is 2.35. The molecule has 1 aromatic heterocycles.